The second kappa shape index (κ2) is 18.7. The van der Waals surface area contributed by atoms with Crippen molar-refractivity contribution in [3.8, 4) is 0 Å². The van der Waals surface area contributed by atoms with Crippen LogP contribution < -0.4 is 16.3 Å². The molecule has 3 aromatic heterocycles. The Hall–Kier alpha value is -5.33. The number of hydrogen-bond acceptors (Lipinski definition) is 11. The van der Waals surface area contributed by atoms with Gasteiger partial charge in [0, 0.05) is 57.0 Å². The summed E-state index contributed by atoms with van der Waals surface area (Å²) in [6, 6.07) is 8.56. The number of hydrogen-bond donors (Lipinski definition) is 3. The number of anilines is 1. The molecule has 7 rings (SSSR count). The lowest BCUT2D eigenvalue weighted by atomic mass is 10.0. The van der Waals surface area contributed by atoms with Crippen LogP contribution in [0.2, 0.25) is 0 Å². The Bertz CT molecular complexity index is 2100. The maximum absolute atomic E-state index is 13.0. The van der Waals surface area contributed by atoms with Gasteiger partial charge in [0.2, 0.25) is 11.8 Å². The van der Waals surface area contributed by atoms with Gasteiger partial charge in [-0.1, -0.05) is 6.07 Å². The van der Waals surface area contributed by atoms with E-state index in [9.17, 15) is 24.0 Å². The molecule has 3 atom stereocenters. The molecule has 57 heavy (non-hydrogen) atoms. The molecular weight excluding hydrogens is 738 g/mol. The second-order valence-electron chi connectivity index (χ2n) is 14.8. The van der Waals surface area contributed by atoms with Crippen LogP contribution in [0.3, 0.4) is 0 Å². The van der Waals surface area contributed by atoms with E-state index in [1.165, 1.54) is 9.13 Å². The molecule has 1 aliphatic carbocycles. The molecule has 4 aromatic rings. The van der Waals surface area contributed by atoms with Gasteiger partial charge in [-0.05, 0) is 75.1 Å². The van der Waals surface area contributed by atoms with Crippen LogP contribution in [0, 0.1) is 0 Å². The number of fused-ring (bicyclic) bond motifs is 1. The highest BCUT2D eigenvalue weighted by Gasteiger charge is 2.33. The molecule has 1 aromatic carbocycles. The number of carbonyl (C=O) groups is 4. The van der Waals surface area contributed by atoms with Crippen LogP contribution in [0.4, 0.5) is 10.6 Å². The molecule has 3 fully saturated rings. The normalized spacial score (nSPS) is 19.7. The number of imidazole rings is 1. The maximum Gasteiger partial charge on any atom is 0.410 e. The topological polar surface area (TPSA) is 206 Å². The van der Waals surface area contributed by atoms with Crippen molar-refractivity contribution in [3.63, 3.8) is 0 Å². The van der Waals surface area contributed by atoms with E-state index in [1.807, 2.05) is 24.3 Å². The van der Waals surface area contributed by atoms with Gasteiger partial charge in [-0.3, -0.25) is 38.6 Å². The number of carbonyl (C=O) groups excluding carboxylic acids is 4. The summed E-state index contributed by atoms with van der Waals surface area (Å²) in [7, 11) is 1.69. The smallest absolute Gasteiger partial charge is 0.410 e. The number of aryl methyl sites for hydroxylation is 2. The molecule has 3 N–H and O–H groups in total. The van der Waals surface area contributed by atoms with Gasteiger partial charge in [-0.15, -0.1) is 0 Å². The van der Waals surface area contributed by atoms with Crippen molar-refractivity contribution in [2.75, 3.05) is 58.0 Å². The van der Waals surface area contributed by atoms with Gasteiger partial charge in [-0.2, -0.15) is 10.2 Å². The van der Waals surface area contributed by atoms with Crippen molar-refractivity contribution in [1.29, 1.82) is 0 Å². The van der Waals surface area contributed by atoms with E-state index in [0.29, 0.717) is 69.6 Å². The lowest BCUT2D eigenvalue weighted by Crippen LogP contribution is -2.44. The molecular formula is C39H51N9O9. The van der Waals surface area contributed by atoms with E-state index >= 15 is 0 Å². The number of imide groups is 1. The Morgan fingerprint density at radius 1 is 0.912 bits per heavy atom. The standard InChI is InChI=1S/C39H51N9O9/c1-45-33-23-26(6-9-30(33)48(38(45)52)32-10-11-35(49)42-37(32)51)5-4-17-54-19-21-56-22-20-55-18-16-47-31(12-13-40-47)36(50)41-34-25-29(43-44-34)27-7-8-28(24-27)57-39(53)46-14-2-3-15-46/h6,9,12-13,23,25,27-28,32H,2-5,7-8,10-11,14-22,24H2,1H3,(H,42,49,51)(H2,41,43,44,50)/t27-,28+,32?/m0/s1. The summed E-state index contributed by atoms with van der Waals surface area (Å²) in [6.07, 6.45) is 7.74. The molecule has 0 bridgehead atoms. The Balaban J connectivity index is 0.738. The first-order valence-corrected chi connectivity index (χ1v) is 19.9. The molecule has 4 amide bonds. The van der Waals surface area contributed by atoms with Crippen LogP contribution >= 0.6 is 0 Å². The first-order valence-electron chi connectivity index (χ1n) is 19.9. The van der Waals surface area contributed by atoms with Crippen molar-refractivity contribution in [1.82, 2.24) is 39.3 Å². The number of ether oxygens (including phenoxy) is 4. The van der Waals surface area contributed by atoms with Crippen molar-refractivity contribution in [3.05, 3.63) is 64.0 Å². The SMILES string of the molecule is Cn1c(=O)n(C2CCC(=O)NC2=O)c2ccc(CCCOCCOCCOCCn3nccc3C(=O)Nc3cc([C@H]4CC[C@@H](OC(=O)N5CCCC5)C4)[nH]n3)cc21. The lowest BCUT2D eigenvalue weighted by molar-refractivity contribution is -0.135. The number of benzene rings is 1. The number of piperidine rings is 1. The van der Waals surface area contributed by atoms with Gasteiger partial charge in [0.1, 0.15) is 17.8 Å². The van der Waals surface area contributed by atoms with E-state index in [4.69, 9.17) is 18.9 Å². The van der Waals surface area contributed by atoms with Gasteiger partial charge < -0.3 is 29.2 Å². The minimum absolute atomic E-state index is 0.115. The summed E-state index contributed by atoms with van der Waals surface area (Å²) in [4.78, 5) is 64.2. The average molecular weight is 790 g/mol. The van der Waals surface area contributed by atoms with Gasteiger partial charge in [0.15, 0.2) is 5.82 Å². The van der Waals surface area contributed by atoms with Crippen LogP contribution in [0.1, 0.15) is 85.1 Å². The minimum atomic E-state index is -0.704. The van der Waals surface area contributed by atoms with Crippen molar-refractivity contribution in [2.24, 2.45) is 7.05 Å². The monoisotopic (exact) mass is 789 g/mol. The summed E-state index contributed by atoms with van der Waals surface area (Å²) in [5.74, 6) is -0.494. The average Bonchev–Trinajstić information content (AvgIpc) is 4.06. The van der Waals surface area contributed by atoms with Crippen molar-refractivity contribution in [2.45, 2.75) is 82.4 Å². The fourth-order valence-electron chi connectivity index (χ4n) is 7.81. The molecule has 1 unspecified atom stereocenters. The van der Waals surface area contributed by atoms with Gasteiger partial charge >= 0.3 is 11.8 Å². The first-order chi connectivity index (χ1) is 27.7. The molecule has 2 saturated heterocycles. The maximum atomic E-state index is 13.0. The summed E-state index contributed by atoms with van der Waals surface area (Å²) in [6.45, 7) is 4.48. The molecule has 1 saturated carbocycles. The van der Waals surface area contributed by atoms with Crippen LogP contribution in [-0.4, -0.2) is 117 Å². The Labute approximate surface area is 329 Å². The number of H-pyrrole nitrogens is 1. The third kappa shape index (κ3) is 9.80. The van der Waals surface area contributed by atoms with Crippen molar-refractivity contribution >= 4 is 40.7 Å². The fraction of sp³-hybridized carbons (Fsp3) is 0.564. The molecule has 306 valence electrons. The summed E-state index contributed by atoms with van der Waals surface area (Å²) < 4.78 is 27.4. The largest absolute Gasteiger partial charge is 0.446 e. The molecule has 3 aliphatic rings. The zero-order valence-electron chi connectivity index (χ0n) is 32.3. The highest BCUT2D eigenvalue weighted by atomic mass is 16.6. The second-order valence-corrected chi connectivity index (χ2v) is 14.8. The van der Waals surface area contributed by atoms with E-state index in [1.54, 1.807) is 28.9 Å². The van der Waals surface area contributed by atoms with Crippen LogP contribution in [0.5, 0.6) is 0 Å². The molecule has 18 heteroatoms. The van der Waals surface area contributed by atoms with E-state index in [-0.39, 0.29) is 42.0 Å². The molecule has 18 nitrogen and oxygen atoms in total. The number of nitrogens with one attached hydrogen (secondary N) is 3. The predicted molar refractivity (Wildman–Crippen MR) is 206 cm³/mol. The predicted octanol–water partition coefficient (Wildman–Crippen LogP) is 3.04. The highest BCUT2D eigenvalue weighted by molar-refractivity contribution is 6.02. The first kappa shape index (κ1) is 39.9. The Kier molecular flexibility index (Phi) is 13.1. The summed E-state index contributed by atoms with van der Waals surface area (Å²) in [5.41, 5.74) is 3.47. The van der Waals surface area contributed by atoms with Gasteiger partial charge in [0.25, 0.3) is 5.91 Å². The summed E-state index contributed by atoms with van der Waals surface area (Å²) in [5, 5.41) is 16.8. The summed E-state index contributed by atoms with van der Waals surface area (Å²) >= 11 is 0. The van der Waals surface area contributed by atoms with Crippen LogP contribution in [-0.2, 0) is 48.5 Å². The van der Waals surface area contributed by atoms with Crippen molar-refractivity contribution < 1.29 is 38.1 Å². The molecule has 2 aliphatic heterocycles. The van der Waals surface area contributed by atoms with E-state index in [2.05, 4.69) is 25.9 Å². The van der Waals surface area contributed by atoms with Gasteiger partial charge in [0.05, 0.1) is 50.6 Å². The number of likely N-dealkylation sites (tertiary alicyclic amines) is 1. The number of nitrogens with zero attached hydrogens (tertiary/aromatic N) is 6. The quantitative estimate of drug-likeness (QED) is 0.0987. The lowest BCUT2D eigenvalue weighted by Gasteiger charge is -2.21. The van der Waals surface area contributed by atoms with Crippen LogP contribution in [0.15, 0.2) is 41.3 Å². The molecule has 0 radical (unpaired) electrons. The fourth-order valence-corrected chi connectivity index (χ4v) is 7.81. The third-order valence-electron chi connectivity index (χ3n) is 10.9. The van der Waals surface area contributed by atoms with E-state index < -0.39 is 11.9 Å². The zero-order valence-corrected chi connectivity index (χ0v) is 32.3. The third-order valence-corrected chi connectivity index (χ3v) is 10.9. The number of amides is 4. The number of aromatic amines is 1. The van der Waals surface area contributed by atoms with Crippen LogP contribution in [0.25, 0.3) is 11.0 Å². The molecule has 5 heterocycles. The zero-order chi connectivity index (χ0) is 39.7. The Morgan fingerprint density at radius 3 is 2.47 bits per heavy atom. The minimum Gasteiger partial charge on any atom is -0.446 e. The number of aromatic nitrogens is 6. The number of rotatable bonds is 18. The van der Waals surface area contributed by atoms with Gasteiger partial charge in [-0.25, -0.2) is 9.59 Å². The molecule has 0 spiro atoms. The highest BCUT2D eigenvalue weighted by Crippen LogP contribution is 2.36. The van der Waals surface area contributed by atoms with E-state index in [0.717, 1.165) is 74.8 Å². The Morgan fingerprint density at radius 2 is 1.68 bits per heavy atom.